The van der Waals surface area contributed by atoms with Gasteiger partial charge in [0.1, 0.15) is 0 Å². The molecule has 0 saturated carbocycles. The lowest BCUT2D eigenvalue weighted by Crippen LogP contribution is -2.26. The molecule has 10 nitrogen and oxygen atoms in total. The number of benzene rings is 2. The summed E-state index contributed by atoms with van der Waals surface area (Å²) >= 11 is 0. The number of carbonyl (C=O) groups excluding carboxylic acids is 1. The molecule has 0 aliphatic carbocycles. The Balaban J connectivity index is 1.39. The van der Waals surface area contributed by atoms with Crippen LogP contribution in [0, 0.1) is 17.0 Å². The van der Waals surface area contributed by atoms with Gasteiger partial charge in [0.15, 0.2) is 5.69 Å². The maximum Gasteiger partial charge on any atom is 0.273 e. The average Bonchev–Trinajstić information content (AvgIpc) is 3.41. The highest BCUT2D eigenvalue weighted by atomic mass is 16.6. The summed E-state index contributed by atoms with van der Waals surface area (Å²) in [5, 5.41) is 26.1. The third-order valence-electron chi connectivity index (χ3n) is 4.75. The maximum atomic E-state index is 12.5. The van der Waals surface area contributed by atoms with Gasteiger partial charge in [0.25, 0.3) is 11.6 Å². The summed E-state index contributed by atoms with van der Waals surface area (Å²) < 4.78 is 3.19. The van der Waals surface area contributed by atoms with Gasteiger partial charge in [-0.1, -0.05) is 29.5 Å². The zero-order chi connectivity index (χ0) is 21.8. The second kappa shape index (κ2) is 8.57. The number of non-ortho nitro benzene ring substituents is 1. The van der Waals surface area contributed by atoms with E-state index in [9.17, 15) is 14.9 Å². The van der Waals surface area contributed by atoms with Gasteiger partial charge in [0, 0.05) is 24.9 Å². The number of hydrogen-bond donors (Lipinski definition) is 1. The minimum atomic E-state index is -0.483. The molecule has 2 heterocycles. The van der Waals surface area contributed by atoms with E-state index < -0.39 is 4.92 Å². The van der Waals surface area contributed by atoms with E-state index in [1.165, 1.54) is 16.8 Å². The molecule has 0 spiro atoms. The number of nitrogens with zero attached hydrogens (tertiary/aromatic N) is 6. The van der Waals surface area contributed by atoms with Crippen molar-refractivity contribution in [2.24, 2.45) is 0 Å². The summed E-state index contributed by atoms with van der Waals surface area (Å²) in [6.07, 6.45) is 4.30. The monoisotopic (exact) mass is 417 g/mol. The largest absolute Gasteiger partial charge is 0.350 e. The van der Waals surface area contributed by atoms with Crippen LogP contribution in [-0.2, 0) is 6.42 Å². The second-order valence-electron chi connectivity index (χ2n) is 6.85. The van der Waals surface area contributed by atoms with Crippen LogP contribution in [0.15, 0.2) is 67.0 Å². The predicted octanol–water partition coefficient (Wildman–Crippen LogP) is 2.64. The third-order valence-corrected chi connectivity index (χ3v) is 4.75. The molecular formula is C21H19N7O3. The Morgan fingerprint density at radius 2 is 1.90 bits per heavy atom. The zero-order valence-corrected chi connectivity index (χ0v) is 16.7. The number of para-hydroxylation sites is 1. The summed E-state index contributed by atoms with van der Waals surface area (Å²) in [5.41, 5.74) is 3.02. The van der Waals surface area contributed by atoms with Crippen LogP contribution >= 0.6 is 0 Å². The predicted molar refractivity (Wildman–Crippen MR) is 112 cm³/mol. The molecule has 0 fully saturated rings. The number of aromatic nitrogens is 5. The summed E-state index contributed by atoms with van der Waals surface area (Å²) in [5.74, 6) is -0.357. The molecule has 31 heavy (non-hydrogen) atoms. The number of rotatable bonds is 7. The Labute approximate surface area is 177 Å². The molecule has 156 valence electrons. The van der Waals surface area contributed by atoms with Gasteiger partial charge in [-0.2, -0.15) is 5.10 Å². The van der Waals surface area contributed by atoms with E-state index in [4.69, 9.17) is 0 Å². The van der Waals surface area contributed by atoms with Crippen molar-refractivity contribution in [3.8, 4) is 11.4 Å². The first-order chi connectivity index (χ1) is 15.0. The van der Waals surface area contributed by atoms with Crippen molar-refractivity contribution in [2.45, 2.75) is 13.3 Å². The minimum absolute atomic E-state index is 0.0607. The lowest BCUT2D eigenvalue weighted by molar-refractivity contribution is -0.384. The van der Waals surface area contributed by atoms with Crippen molar-refractivity contribution in [3.63, 3.8) is 0 Å². The van der Waals surface area contributed by atoms with Crippen molar-refractivity contribution >= 4 is 11.6 Å². The fraction of sp³-hybridized carbons (Fsp3) is 0.143. The van der Waals surface area contributed by atoms with Crippen LogP contribution in [0.1, 0.15) is 21.7 Å². The number of nitro groups is 1. The van der Waals surface area contributed by atoms with Crippen LogP contribution in [0.25, 0.3) is 11.4 Å². The molecule has 1 N–H and O–H groups in total. The lowest BCUT2D eigenvalue weighted by atomic mass is 10.2. The van der Waals surface area contributed by atoms with E-state index in [-0.39, 0.29) is 17.3 Å². The van der Waals surface area contributed by atoms with Crippen molar-refractivity contribution in [2.75, 3.05) is 6.54 Å². The van der Waals surface area contributed by atoms with Crippen LogP contribution in [0.4, 0.5) is 5.69 Å². The number of nitrogens with one attached hydrogen (secondary N) is 1. The SMILES string of the molecule is Cc1c(C(=O)NCCc2cnn(-c3ccccc3)c2)nnn1-c1cccc([N+](=O)[O-])c1. The highest BCUT2D eigenvalue weighted by molar-refractivity contribution is 5.93. The van der Waals surface area contributed by atoms with Crippen molar-refractivity contribution in [1.29, 1.82) is 0 Å². The third kappa shape index (κ3) is 4.32. The standard InChI is InChI=1S/C21H19N7O3/c1-15-20(24-25-27(15)18-8-5-9-19(12-18)28(30)31)21(29)22-11-10-16-13-23-26(14-16)17-6-3-2-4-7-17/h2-9,12-14H,10-11H2,1H3,(H,22,29). The highest BCUT2D eigenvalue weighted by Gasteiger charge is 2.18. The molecule has 10 heteroatoms. The Hall–Kier alpha value is -4.34. The van der Waals surface area contributed by atoms with E-state index in [1.807, 2.05) is 36.5 Å². The molecule has 0 saturated heterocycles. The van der Waals surface area contributed by atoms with Crippen LogP contribution in [-0.4, -0.2) is 42.1 Å². The first-order valence-electron chi connectivity index (χ1n) is 9.57. The molecule has 4 aromatic rings. The Morgan fingerprint density at radius 3 is 2.68 bits per heavy atom. The van der Waals surface area contributed by atoms with Crippen molar-refractivity contribution in [3.05, 3.63) is 94.1 Å². The van der Waals surface area contributed by atoms with Gasteiger partial charge in [-0.15, -0.1) is 5.10 Å². The first kappa shape index (κ1) is 20.0. The first-order valence-corrected chi connectivity index (χ1v) is 9.57. The van der Waals surface area contributed by atoms with E-state index in [0.717, 1.165) is 11.3 Å². The minimum Gasteiger partial charge on any atom is -0.350 e. The molecule has 2 aromatic carbocycles. The number of hydrogen-bond acceptors (Lipinski definition) is 6. The maximum absolute atomic E-state index is 12.5. The van der Waals surface area contributed by atoms with E-state index in [1.54, 1.807) is 29.9 Å². The summed E-state index contributed by atoms with van der Waals surface area (Å²) in [4.78, 5) is 23.1. The smallest absolute Gasteiger partial charge is 0.273 e. The van der Waals surface area contributed by atoms with Gasteiger partial charge in [-0.3, -0.25) is 14.9 Å². The van der Waals surface area contributed by atoms with Gasteiger partial charge >= 0.3 is 0 Å². The van der Waals surface area contributed by atoms with Gasteiger partial charge in [0.2, 0.25) is 0 Å². The molecule has 4 rings (SSSR count). The van der Waals surface area contributed by atoms with Crippen LogP contribution in [0.2, 0.25) is 0 Å². The Bertz CT molecular complexity index is 1230. The van der Waals surface area contributed by atoms with Gasteiger partial charge in [-0.25, -0.2) is 9.36 Å². The van der Waals surface area contributed by atoms with Crippen LogP contribution < -0.4 is 5.32 Å². The number of amides is 1. The summed E-state index contributed by atoms with van der Waals surface area (Å²) in [7, 11) is 0. The zero-order valence-electron chi connectivity index (χ0n) is 16.7. The molecule has 0 unspecified atom stereocenters. The number of carbonyl (C=O) groups is 1. The normalized spacial score (nSPS) is 10.7. The van der Waals surface area contributed by atoms with E-state index in [0.29, 0.717) is 24.3 Å². The molecular weight excluding hydrogens is 398 g/mol. The Kier molecular flexibility index (Phi) is 5.52. The quantitative estimate of drug-likeness (QED) is 0.364. The van der Waals surface area contributed by atoms with E-state index >= 15 is 0 Å². The number of nitro benzene ring substituents is 1. The van der Waals surface area contributed by atoms with Gasteiger partial charge in [-0.05, 0) is 37.1 Å². The average molecular weight is 417 g/mol. The fourth-order valence-corrected chi connectivity index (χ4v) is 3.14. The summed E-state index contributed by atoms with van der Waals surface area (Å²) in [6, 6.07) is 15.8. The molecule has 0 atom stereocenters. The van der Waals surface area contributed by atoms with Crippen molar-refractivity contribution in [1.82, 2.24) is 30.1 Å². The van der Waals surface area contributed by atoms with Crippen molar-refractivity contribution < 1.29 is 9.72 Å². The lowest BCUT2D eigenvalue weighted by Gasteiger charge is -2.05. The van der Waals surface area contributed by atoms with Gasteiger partial charge in [0.05, 0.1) is 28.2 Å². The molecule has 2 aromatic heterocycles. The molecule has 0 aliphatic heterocycles. The highest BCUT2D eigenvalue weighted by Crippen LogP contribution is 2.18. The topological polar surface area (TPSA) is 121 Å². The molecule has 0 bridgehead atoms. The van der Waals surface area contributed by atoms with Gasteiger partial charge < -0.3 is 5.32 Å². The van der Waals surface area contributed by atoms with Crippen LogP contribution in [0.5, 0.6) is 0 Å². The molecule has 1 amide bonds. The van der Waals surface area contributed by atoms with Crippen LogP contribution in [0.3, 0.4) is 0 Å². The summed E-state index contributed by atoms with van der Waals surface area (Å²) in [6.45, 7) is 2.10. The second-order valence-corrected chi connectivity index (χ2v) is 6.85. The van der Waals surface area contributed by atoms with E-state index in [2.05, 4.69) is 20.7 Å². The fourth-order valence-electron chi connectivity index (χ4n) is 3.14. The molecule has 0 radical (unpaired) electrons. The molecule has 0 aliphatic rings. The Morgan fingerprint density at radius 1 is 1.13 bits per heavy atom.